The second-order valence-corrected chi connectivity index (χ2v) is 6.77. The van der Waals surface area contributed by atoms with Crippen molar-refractivity contribution in [2.45, 2.75) is 6.61 Å². The Kier molecular flexibility index (Phi) is 5.23. The second kappa shape index (κ2) is 7.97. The highest BCUT2D eigenvalue weighted by molar-refractivity contribution is 6.31. The molecule has 3 aromatic rings. The van der Waals surface area contributed by atoms with Crippen molar-refractivity contribution in [2.75, 3.05) is 7.11 Å². The lowest BCUT2D eigenvalue weighted by atomic mass is 10.1. The number of Topliss-reactive ketones (excluding diaryl/α,β-unsaturated/α-hetero) is 1. The lowest BCUT2D eigenvalue weighted by Gasteiger charge is -2.09. The van der Waals surface area contributed by atoms with Crippen molar-refractivity contribution in [1.29, 1.82) is 0 Å². The molecule has 1 heterocycles. The Bertz CT molecular complexity index is 1120. The molecule has 3 aromatic carbocycles. The van der Waals surface area contributed by atoms with Crippen molar-refractivity contribution in [3.05, 3.63) is 94.0 Å². The molecule has 0 atom stereocenters. The molecule has 0 aliphatic carbocycles. The fourth-order valence-corrected chi connectivity index (χ4v) is 3.21. The van der Waals surface area contributed by atoms with Gasteiger partial charge >= 0.3 is 0 Å². The van der Waals surface area contributed by atoms with Gasteiger partial charge in [0.1, 0.15) is 29.7 Å². The number of ether oxygens (including phenoxy) is 3. The first kappa shape index (κ1) is 19.0. The minimum absolute atomic E-state index is 0.162. The Morgan fingerprint density at radius 1 is 1.10 bits per heavy atom. The molecule has 0 unspecified atom stereocenters. The Balaban J connectivity index is 1.53. The summed E-state index contributed by atoms with van der Waals surface area (Å²) in [5.41, 5.74) is 1.86. The van der Waals surface area contributed by atoms with E-state index in [0.29, 0.717) is 33.4 Å². The highest BCUT2D eigenvalue weighted by atomic mass is 35.5. The summed E-state index contributed by atoms with van der Waals surface area (Å²) in [7, 11) is 1.57. The minimum Gasteiger partial charge on any atom is -0.496 e. The van der Waals surface area contributed by atoms with Crippen LogP contribution in [0.3, 0.4) is 0 Å². The zero-order valence-electron chi connectivity index (χ0n) is 15.4. The van der Waals surface area contributed by atoms with Gasteiger partial charge in [-0.05, 0) is 36.4 Å². The van der Waals surface area contributed by atoms with Crippen LogP contribution in [0.25, 0.3) is 6.08 Å². The van der Waals surface area contributed by atoms with Crippen LogP contribution >= 0.6 is 11.6 Å². The van der Waals surface area contributed by atoms with Crippen LogP contribution in [0.15, 0.2) is 66.4 Å². The van der Waals surface area contributed by atoms with E-state index in [1.807, 2.05) is 24.3 Å². The number of methoxy groups -OCH3 is 1. The molecular weight excluding hydrogens is 395 g/mol. The summed E-state index contributed by atoms with van der Waals surface area (Å²) in [4.78, 5) is 12.6. The van der Waals surface area contributed by atoms with Crippen LogP contribution < -0.4 is 14.2 Å². The molecule has 0 aromatic heterocycles. The number of allylic oxidation sites excluding steroid dienone is 1. The SMILES string of the molecule is COc1ccccc1C=C1Oc2cc(OCc3ccc(F)cc3Cl)ccc2C1=O. The standard InChI is InChI=1S/C23H16ClFO4/c1-27-20-5-3-2-4-14(20)10-22-23(26)18-9-8-17(12-21(18)29-22)28-13-15-6-7-16(25)11-19(15)24/h2-12H,13H2,1H3. The smallest absolute Gasteiger partial charge is 0.231 e. The molecule has 146 valence electrons. The number of para-hydroxylation sites is 1. The third kappa shape index (κ3) is 3.96. The minimum atomic E-state index is -0.405. The van der Waals surface area contributed by atoms with E-state index in [1.54, 1.807) is 37.5 Å². The normalized spacial score (nSPS) is 13.9. The predicted molar refractivity (Wildman–Crippen MR) is 108 cm³/mol. The predicted octanol–water partition coefficient (Wildman–Crippen LogP) is 5.68. The largest absolute Gasteiger partial charge is 0.496 e. The van der Waals surface area contributed by atoms with Gasteiger partial charge in [0.15, 0.2) is 5.76 Å². The van der Waals surface area contributed by atoms with Gasteiger partial charge in [-0.2, -0.15) is 0 Å². The van der Waals surface area contributed by atoms with Gasteiger partial charge in [-0.15, -0.1) is 0 Å². The quantitative estimate of drug-likeness (QED) is 0.507. The molecule has 0 saturated heterocycles. The van der Waals surface area contributed by atoms with E-state index in [2.05, 4.69) is 0 Å². The van der Waals surface area contributed by atoms with Crippen LogP contribution in [0.4, 0.5) is 4.39 Å². The fraction of sp³-hybridized carbons (Fsp3) is 0.0870. The summed E-state index contributed by atoms with van der Waals surface area (Å²) >= 11 is 6.02. The number of rotatable bonds is 5. The average Bonchev–Trinajstić information content (AvgIpc) is 3.02. The van der Waals surface area contributed by atoms with Crippen molar-refractivity contribution in [2.24, 2.45) is 0 Å². The highest BCUT2D eigenvalue weighted by Gasteiger charge is 2.28. The topological polar surface area (TPSA) is 44.8 Å². The summed E-state index contributed by atoms with van der Waals surface area (Å²) in [5, 5.41) is 0.291. The van der Waals surface area contributed by atoms with Crippen LogP contribution in [-0.2, 0) is 6.61 Å². The molecule has 6 heteroatoms. The number of benzene rings is 3. The van der Waals surface area contributed by atoms with Gasteiger partial charge in [-0.1, -0.05) is 35.9 Å². The van der Waals surface area contributed by atoms with E-state index in [0.717, 1.165) is 5.56 Å². The van der Waals surface area contributed by atoms with Gasteiger partial charge < -0.3 is 14.2 Å². The van der Waals surface area contributed by atoms with Crippen LogP contribution in [-0.4, -0.2) is 12.9 Å². The maximum atomic E-state index is 13.2. The number of ketones is 1. The first-order chi connectivity index (χ1) is 14.0. The van der Waals surface area contributed by atoms with Crippen LogP contribution in [0.5, 0.6) is 17.2 Å². The first-order valence-electron chi connectivity index (χ1n) is 8.83. The lowest BCUT2D eigenvalue weighted by molar-refractivity contribution is 0.101. The number of hydrogen-bond donors (Lipinski definition) is 0. The Morgan fingerprint density at radius 3 is 2.72 bits per heavy atom. The van der Waals surface area contributed by atoms with Gasteiger partial charge in [-0.25, -0.2) is 4.39 Å². The molecule has 0 bridgehead atoms. The van der Waals surface area contributed by atoms with Crippen molar-refractivity contribution >= 4 is 23.5 Å². The third-order valence-corrected chi connectivity index (χ3v) is 4.83. The molecular formula is C23H16ClFO4. The zero-order chi connectivity index (χ0) is 20.4. The molecule has 0 spiro atoms. The van der Waals surface area contributed by atoms with E-state index in [4.69, 9.17) is 25.8 Å². The number of fused-ring (bicyclic) bond motifs is 1. The van der Waals surface area contributed by atoms with Crippen molar-refractivity contribution in [3.63, 3.8) is 0 Å². The number of hydrogen-bond acceptors (Lipinski definition) is 4. The van der Waals surface area contributed by atoms with E-state index in [9.17, 15) is 9.18 Å². The van der Waals surface area contributed by atoms with Crippen LogP contribution in [0.1, 0.15) is 21.5 Å². The maximum absolute atomic E-state index is 13.2. The molecule has 4 nitrogen and oxygen atoms in total. The van der Waals surface area contributed by atoms with Crippen LogP contribution in [0, 0.1) is 5.82 Å². The van der Waals surface area contributed by atoms with E-state index in [1.165, 1.54) is 12.1 Å². The molecule has 29 heavy (non-hydrogen) atoms. The number of halogens is 2. The number of carbonyl (C=O) groups is 1. The molecule has 0 saturated carbocycles. The van der Waals surface area contributed by atoms with E-state index >= 15 is 0 Å². The second-order valence-electron chi connectivity index (χ2n) is 6.36. The molecule has 1 aliphatic rings. The van der Waals surface area contributed by atoms with Gasteiger partial charge in [0, 0.05) is 17.2 Å². The van der Waals surface area contributed by atoms with Gasteiger partial charge in [-0.3, -0.25) is 4.79 Å². The Labute approximate surface area is 172 Å². The number of carbonyl (C=O) groups excluding carboxylic acids is 1. The van der Waals surface area contributed by atoms with Crippen LogP contribution in [0.2, 0.25) is 5.02 Å². The molecule has 1 aliphatic heterocycles. The highest BCUT2D eigenvalue weighted by Crippen LogP contribution is 2.36. The van der Waals surface area contributed by atoms with Crippen molar-refractivity contribution in [1.82, 2.24) is 0 Å². The van der Waals surface area contributed by atoms with Gasteiger partial charge in [0.05, 0.1) is 17.7 Å². The van der Waals surface area contributed by atoms with Crippen molar-refractivity contribution in [3.8, 4) is 17.2 Å². The third-order valence-electron chi connectivity index (χ3n) is 4.48. The summed E-state index contributed by atoms with van der Waals surface area (Å²) in [5.74, 6) is 1.17. The zero-order valence-corrected chi connectivity index (χ0v) is 16.2. The molecule has 0 radical (unpaired) electrons. The van der Waals surface area contributed by atoms with E-state index < -0.39 is 5.82 Å². The summed E-state index contributed by atoms with van der Waals surface area (Å²) < 4.78 is 29.9. The summed E-state index contributed by atoms with van der Waals surface area (Å²) in [6.45, 7) is 0.162. The molecule has 4 rings (SSSR count). The Morgan fingerprint density at radius 2 is 1.93 bits per heavy atom. The lowest BCUT2D eigenvalue weighted by Crippen LogP contribution is -1.98. The summed E-state index contributed by atoms with van der Waals surface area (Å²) in [6, 6.07) is 16.5. The van der Waals surface area contributed by atoms with E-state index in [-0.39, 0.29) is 18.1 Å². The van der Waals surface area contributed by atoms with Gasteiger partial charge in [0.2, 0.25) is 5.78 Å². The summed E-state index contributed by atoms with van der Waals surface area (Å²) in [6.07, 6.45) is 1.65. The molecule has 0 N–H and O–H groups in total. The fourth-order valence-electron chi connectivity index (χ4n) is 2.98. The average molecular weight is 411 g/mol. The maximum Gasteiger partial charge on any atom is 0.231 e. The van der Waals surface area contributed by atoms with Gasteiger partial charge in [0.25, 0.3) is 0 Å². The first-order valence-corrected chi connectivity index (χ1v) is 9.21. The molecule has 0 amide bonds. The molecule has 0 fully saturated rings. The monoisotopic (exact) mass is 410 g/mol. The Hall–Kier alpha value is -3.31. The van der Waals surface area contributed by atoms with Crippen molar-refractivity contribution < 1.29 is 23.4 Å².